The van der Waals surface area contributed by atoms with Crippen LogP contribution in [0.25, 0.3) is 33.1 Å². The second kappa shape index (κ2) is 26.0. The van der Waals surface area contributed by atoms with Crippen LogP contribution in [0.1, 0.15) is 161 Å². The quantitative estimate of drug-likeness (QED) is 0.0840. The molecule has 2 aliphatic heterocycles. The zero-order valence-electron chi connectivity index (χ0n) is 46.5. The van der Waals surface area contributed by atoms with Crippen LogP contribution < -0.4 is 10.6 Å². The summed E-state index contributed by atoms with van der Waals surface area (Å²) < 4.78 is 0. The van der Waals surface area contributed by atoms with Gasteiger partial charge in [0.15, 0.2) is 0 Å². The summed E-state index contributed by atoms with van der Waals surface area (Å²) in [5, 5.41) is 18.0. The van der Waals surface area contributed by atoms with E-state index in [-0.39, 0.29) is 52.8 Å². The number of rotatable bonds is 14. The van der Waals surface area contributed by atoms with E-state index in [2.05, 4.69) is 250 Å². The van der Waals surface area contributed by atoms with E-state index in [1.54, 1.807) is 0 Å². The van der Waals surface area contributed by atoms with Crippen LogP contribution in [0.15, 0.2) is 170 Å². The number of anilines is 2. The van der Waals surface area contributed by atoms with Crippen molar-refractivity contribution in [3.05, 3.63) is 251 Å². The summed E-state index contributed by atoms with van der Waals surface area (Å²) in [6.45, 7) is 22.5. The molecule has 6 aromatic carbocycles. The van der Waals surface area contributed by atoms with E-state index < -0.39 is 0 Å². The summed E-state index contributed by atoms with van der Waals surface area (Å²) >= 11 is 0. The fraction of sp³-hybridized carbons (Fsp3) is 0.294. The second-order valence-corrected chi connectivity index (χ2v) is 21.1. The molecule has 75 heavy (non-hydrogen) atoms. The number of aromatic nitrogens is 2. The van der Waals surface area contributed by atoms with Crippen molar-refractivity contribution in [2.75, 3.05) is 10.6 Å². The predicted molar refractivity (Wildman–Crippen MR) is 318 cm³/mol. The predicted octanol–water partition coefficient (Wildman–Crippen LogP) is 19.2. The van der Waals surface area contributed by atoms with Gasteiger partial charge in [0.2, 0.25) is 0 Å². The van der Waals surface area contributed by atoms with Crippen LogP contribution in [0.2, 0.25) is 0 Å². The minimum Gasteiger partial charge on any atom is -0.681 e. The van der Waals surface area contributed by atoms with Gasteiger partial charge in [-0.1, -0.05) is 230 Å². The molecule has 4 heterocycles. The van der Waals surface area contributed by atoms with Crippen LogP contribution in [0.4, 0.5) is 22.7 Å². The van der Waals surface area contributed by atoms with Gasteiger partial charge in [0.1, 0.15) is 0 Å². The molecule has 10 rings (SSSR count). The van der Waals surface area contributed by atoms with E-state index >= 15 is 0 Å². The fourth-order valence-corrected chi connectivity index (χ4v) is 10.6. The molecule has 0 unspecified atom stereocenters. The molecule has 0 amide bonds. The van der Waals surface area contributed by atoms with E-state index in [1.807, 2.05) is 0 Å². The van der Waals surface area contributed by atoms with Gasteiger partial charge in [-0.2, -0.15) is 0 Å². The van der Waals surface area contributed by atoms with Gasteiger partial charge in [0.25, 0.3) is 0 Å². The van der Waals surface area contributed by atoms with Crippen LogP contribution in [0.5, 0.6) is 0 Å². The average molecular weight is 1160 g/mol. The van der Waals surface area contributed by atoms with Gasteiger partial charge in [-0.05, 0) is 102 Å². The number of para-hydroxylation sites is 4. The van der Waals surface area contributed by atoms with Crippen molar-refractivity contribution in [2.24, 2.45) is 0 Å². The summed E-state index contributed by atoms with van der Waals surface area (Å²) in [5.41, 5.74) is 21.2. The van der Waals surface area contributed by atoms with Crippen molar-refractivity contribution in [1.29, 1.82) is 0 Å². The smallest absolute Gasteiger partial charge is 0.0940 e. The molecule has 2 aromatic heterocycles. The molecular formula is C68H78HfN6-4. The molecule has 388 valence electrons. The molecule has 0 aliphatic carbocycles. The van der Waals surface area contributed by atoms with E-state index in [9.17, 15) is 0 Å². The van der Waals surface area contributed by atoms with Crippen LogP contribution >= 0.6 is 0 Å². The molecular weight excluding hydrogens is 1080 g/mol. The number of fused-ring (bicyclic) bond motifs is 2. The maximum Gasteiger partial charge on any atom is 0.0940 e. The Bertz CT molecular complexity index is 2850. The van der Waals surface area contributed by atoms with Gasteiger partial charge in [0.05, 0.1) is 23.1 Å². The van der Waals surface area contributed by atoms with E-state index in [1.165, 1.54) is 55.9 Å². The maximum atomic E-state index is 5.47. The molecule has 6 nitrogen and oxygen atoms in total. The Morgan fingerprint density at radius 3 is 1.57 bits per heavy atom. The zero-order valence-corrected chi connectivity index (χ0v) is 50.1. The zero-order chi connectivity index (χ0) is 50.5. The molecule has 0 saturated heterocycles. The van der Waals surface area contributed by atoms with Gasteiger partial charge in [0, 0.05) is 54.5 Å². The number of benzene rings is 6. The first kappa shape index (κ1) is 58.0. The third-order valence-electron chi connectivity index (χ3n) is 14.2. The monoisotopic (exact) mass is 1160 g/mol. The van der Waals surface area contributed by atoms with Gasteiger partial charge < -0.3 is 36.1 Å². The topological polar surface area (TPSA) is 78.0 Å². The van der Waals surface area contributed by atoms with Crippen LogP contribution in [0.3, 0.4) is 0 Å². The van der Waals surface area contributed by atoms with E-state index in [0.717, 1.165) is 58.1 Å². The molecule has 4 atom stereocenters. The van der Waals surface area contributed by atoms with Crippen LogP contribution in [-0.4, -0.2) is 22.1 Å². The summed E-state index contributed by atoms with van der Waals surface area (Å²) in [5.74, 6) is 1.60. The molecule has 2 N–H and O–H groups in total. The standard InChI is InChI=1S/C33H37N3.C33H35N3.2CH3.Hf/c2*1-21(2)26-15-10-16-27(22(3)4)33(26)36-32(24-12-7-6-8-13-24)30-19-11-18-29(35-30)28-17-9-14-25-20-23(5)34-31(25)28;;;/h6-19,21-23,32,34,36H,20H2,1-5H3;6-19,21-23,32H,20H2,1-5H3;2*1H3;/q;-2;2*-1;/t2*23-,32+;;;/m11.../s1. The molecule has 2 aliphatic rings. The number of nitrogens with one attached hydrogen (secondary N) is 2. The SMILES string of the molecule is CC(C)c1cccc(C(C)C)c1N[C@@H](c1ccccc1)c1cccc(-c2cccc3c2N[C@H](C)C3)n1.CC(C)c1cccc(C(C)C)c1[N-][C@@H](c1ccccc1)c1cccc(-c2cccc3c2[N-][C@H](C)C3)n1.[CH3-].[CH3-].[Hf]. The molecule has 0 radical (unpaired) electrons. The molecule has 0 bridgehead atoms. The average Bonchev–Trinajstić information content (AvgIpc) is 3.98. The van der Waals surface area contributed by atoms with Gasteiger partial charge in [-0.15, -0.1) is 17.4 Å². The fourth-order valence-electron chi connectivity index (χ4n) is 10.6. The Kier molecular flexibility index (Phi) is 20.1. The Morgan fingerprint density at radius 1 is 0.507 bits per heavy atom. The minimum atomic E-state index is -0.198. The Labute approximate surface area is 469 Å². The second-order valence-electron chi connectivity index (χ2n) is 21.1. The Balaban J connectivity index is 0.000000234. The van der Waals surface area contributed by atoms with Crippen molar-refractivity contribution in [3.63, 3.8) is 0 Å². The first-order chi connectivity index (χ1) is 34.8. The third-order valence-corrected chi connectivity index (χ3v) is 14.2. The van der Waals surface area contributed by atoms with Gasteiger partial charge in [-0.25, -0.2) is 0 Å². The number of pyridine rings is 2. The van der Waals surface area contributed by atoms with Crippen molar-refractivity contribution in [1.82, 2.24) is 9.97 Å². The first-order valence-electron chi connectivity index (χ1n) is 26.3. The summed E-state index contributed by atoms with van der Waals surface area (Å²) in [6, 6.07) is 60.8. The van der Waals surface area contributed by atoms with Crippen molar-refractivity contribution >= 4 is 22.7 Å². The number of hydrogen-bond acceptors (Lipinski definition) is 4. The normalized spacial score (nSPS) is 15.0. The Morgan fingerprint density at radius 2 is 0.987 bits per heavy atom. The minimum absolute atomic E-state index is 0. The molecule has 0 spiro atoms. The van der Waals surface area contributed by atoms with Crippen molar-refractivity contribution in [2.45, 2.75) is 130 Å². The molecule has 0 fully saturated rings. The first-order valence-corrected chi connectivity index (χ1v) is 26.3. The summed E-state index contributed by atoms with van der Waals surface area (Å²) in [4.78, 5) is 10.5. The summed E-state index contributed by atoms with van der Waals surface area (Å²) in [7, 11) is 0. The van der Waals surface area contributed by atoms with Gasteiger partial charge >= 0.3 is 0 Å². The maximum absolute atomic E-state index is 5.47. The van der Waals surface area contributed by atoms with Crippen LogP contribution in [-0.2, 0) is 38.7 Å². The third kappa shape index (κ3) is 13.0. The van der Waals surface area contributed by atoms with Crippen molar-refractivity contribution < 1.29 is 25.8 Å². The number of nitrogens with zero attached hydrogens (tertiary/aromatic N) is 4. The number of hydrogen-bond donors (Lipinski definition) is 2. The van der Waals surface area contributed by atoms with Gasteiger partial charge in [-0.3, -0.25) is 9.97 Å². The van der Waals surface area contributed by atoms with Crippen molar-refractivity contribution in [3.8, 4) is 22.5 Å². The van der Waals surface area contributed by atoms with Crippen LogP contribution in [0, 0.1) is 14.9 Å². The molecule has 0 saturated carbocycles. The van der Waals surface area contributed by atoms with E-state index in [4.69, 9.17) is 20.6 Å². The molecule has 8 aromatic rings. The van der Waals surface area contributed by atoms with E-state index in [0.29, 0.717) is 35.8 Å². The largest absolute Gasteiger partial charge is 0.681 e. The molecule has 7 heteroatoms. The Hall–Kier alpha value is -6.31. The summed E-state index contributed by atoms with van der Waals surface area (Å²) in [6.07, 6.45) is 2.05.